The number of hydrogen-bond donors (Lipinski definition) is 1. The van der Waals surface area contributed by atoms with E-state index in [9.17, 15) is 4.39 Å². The van der Waals surface area contributed by atoms with Crippen LogP contribution in [0.2, 0.25) is 0 Å². The first-order chi connectivity index (χ1) is 9.54. The minimum atomic E-state index is -0.176. The highest BCUT2D eigenvalue weighted by Crippen LogP contribution is 2.10. The molecule has 0 heterocycles. The van der Waals surface area contributed by atoms with Crippen LogP contribution in [0.4, 0.5) is 4.39 Å². The van der Waals surface area contributed by atoms with Gasteiger partial charge >= 0.3 is 0 Å². The summed E-state index contributed by atoms with van der Waals surface area (Å²) in [5.74, 6) is -0.176. The van der Waals surface area contributed by atoms with Crippen LogP contribution in [0.25, 0.3) is 0 Å². The van der Waals surface area contributed by atoms with Gasteiger partial charge in [0.1, 0.15) is 5.82 Å². The molecule has 106 valence electrons. The van der Waals surface area contributed by atoms with E-state index in [1.807, 2.05) is 12.1 Å². The van der Waals surface area contributed by atoms with Crippen molar-refractivity contribution in [2.45, 2.75) is 39.8 Å². The molecule has 0 aliphatic heterocycles. The van der Waals surface area contributed by atoms with Crippen LogP contribution in [0, 0.1) is 19.7 Å². The lowest BCUT2D eigenvalue weighted by atomic mass is 10.0. The Morgan fingerprint density at radius 1 is 0.950 bits per heavy atom. The third-order valence-electron chi connectivity index (χ3n) is 3.68. The fourth-order valence-electron chi connectivity index (χ4n) is 2.25. The van der Waals surface area contributed by atoms with E-state index in [-0.39, 0.29) is 5.82 Å². The molecule has 20 heavy (non-hydrogen) atoms. The summed E-state index contributed by atoms with van der Waals surface area (Å²) in [6, 6.07) is 13.7. The smallest absolute Gasteiger partial charge is 0.123 e. The van der Waals surface area contributed by atoms with Crippen LogP contribution in [0.3, 0.4) is 0 Å². The maximum Gasteiger partial charge on any atom is 0.123 e. The number of halogens is 1. The first-order valence-electron chi connectivity index (χ1n) is 7.08. The highest BCUT2D eigenvalue weighted by molar-refractivity contribution is 5.29. The molecule has 2 heteroatoms. The van der Waals surface area contributed by atoms with Gasteiger partial charge in [0, 0.05) is 12.6 Å². The average Bonchev–Trinajstić information content (AvgIpc) is 2.43. The SMILES string of the molecule is Cc1ccc(CNC(C)Cc2ccc(F)cc2)cc1C. The van der Waals surface area contributed by atoms with Crippen LogP contribution in [-0.2, 0) is 13.0 Å². The van der Waals surface area contributed by atoms with Crippen molar-refractivity contribution < 1.29 is 4.39 Å². The third-order valence-corrected chi connectivity index (χ3v) is 3.68. The van der Waals surface area contributed by atoms with Crippen molar-refractivity contribution in [1.29, 1.82) is 0 Å². The monoisotopic (exact) mass is 271 g/mol. The van der Waals surface area contributed by atoms with E-state index in [2.05, 4.69) is 44.3 Å². The molecule has 0 aromatic heterocycles. The van der Waals surface area contributed by atoms with Crippen LogP contribution in [0.5, 0.6) is 0 Å². The molecule has 0 saturated heterocycles. The van der Waals surface area contributed by atoms with E-state index < -0.39 is 0 Å². The molecule has 0 aliphatic carbocycles. The zero-order valence-corrected chi connectivity index (χ0v) is 12.4. The molecule has 0 spiro atoms. The van der Waals surface area contributed by atoms with Crippen LogP contribution in [0.1, 0.15) is 29.2 Å². The summed E-state index contributed by atoms with van der Waals surface area (Å²) in [6.07, 6.45) is 0.908. The fourth-order valence-corrected chi connectivity index (χ4v) is 2.25. The van der Waals surface area contributed by atoms with Gasteiger partial charge in [-0.2, -0.15) is 0 Å². The lowest BCUT2D eigenvalue weighted by Crippen LogP contribution is -2.27. The summed E-state index contributed by atoms with van der Waals surface area (Å²) < 4.78 is 12.8. The van der Waals surface area contributed by atoms with Crippen molar-refractivity contribution in [2.24, 2.45) is 0 Å². The van der Waals surface area contributed by atoms with Crippen LogP contribution >= 0.6 is 0 Å². The number of aryl methyl sites for hydroxylation is 2. The van der Waals surface area contributed by atoms with E-state index in [1.54, 1.807) is 0 Å². The van der Waals surface area contributed by atoms with Crippen molar-refractivity contribution in [2.75, 3.05) is 0 Å². The molecule has 1 nitrogen and oxygen atoms in total. The van der Waals surface area contributed by atoms with E-state index in [0.29, 0.717) is 6.04 Å². The summed E-state index contributed by atoms with van der Waals surface area (Å²) in [5.41, 5.74) is 5.12. The third kappa shape index (κ3) is 4.17. The molecule has 1 N–H and O–H groups in total. The molecule has 0 bridgehead atoms. The summed E-state index contributed by atoms with van der Waals surface area (Å²) in [7, 11) is 0. The minimum Gasteiger partial charge on any atom is -0.310 e. The van der Waals surface area contributed by atoms with Crippen LogP contribution in [0.15, 0.2) is 42.5 Å². The highest BCUT2D eigenvalue weighted by atomic mass is 19.1. The van der Waals surface area contributed by atoms with Crippen molar-refractivity contribution >= 4 is 0 Å². The van der Waals surface area contributed by atoms with Crippen molar-refractivity contribution in [1.82, 2.24) is 5.32 Å². The fraction of sp³-hybridized carbons (Fsp3) is 0.333. The molecule has 1 atom stereocenters. The molecule has 1 unspecified atom stereocenters. The minimum absolute atomic E-state index is 0.176. The Hall–Kier alpha value is -1.67. The molecule has 0 saturated carbocycles. The standard InChI is InChI=1S/C18H22FN/c1-13-4-5-17(10-14(13)2)12-20-15(3)11-16-6-8-18(19)9-7-16/h4-10,15,20H,11-12H2,1-3H3. The van der Waals surface area contributed by atoms with Gasteiger partial charge in [-0.3, -0.25) is 0 Å². The normalized spacial score (nSPS) is 12.4. The molecular formula is C18H22FN. The van der Waals surface area contributed by atoms with E-state index >= 15 is 0 Å². The van der Waals surface area contributed by atoms with Gasteiger partial charge in [0.2, 0.25) is 0 Å². The van der Waals surface area contributed by atoms with Crippen molar-refractivity contribution in [3.63, 3.8) is 0 Å². The Kier molecular flexibility index (Phi) is 4.91. The lowest BCUT2D eigenvalue weighted by molar-refractivity contribution is 0.544. The molecule has 2 aromatic rings. The Morgan fingerprint density at radius 2 is 1.60 bits per heavy atom. The lowest BCUT2D eigenvalue weighted by Gasteiger charge is -2.14. The second kappa shape index (κ2) is 6.67. The molecule has 2 rings (SSSR count). The van der Waals surface area contributed by atoms with E-state index in [0.717, 1.165) is 18.5 Å². The summed E-state index contributed by atoms with van der Waals surface area (Å²) in [5, 5.41) is 3.51. The molecule has 2 aromatic carbocycles. The molecule has 0 amide bonds. The molecule has 0 fully saturated rings. The summed E-state index contributed by atoms with van der Waals surface area (Å²) in [4.78, 5) is 0. The van der Waals surface area contributed by atoms with Gasteiger partial charge in [-0.1, -0.05) is 30.3 Å². The zero-order chi connectivity index (χ0) is 14.5. The largest absolute Gasteiger partial charge is 0.310 e. The Labute approximate surface area is 120 Å². The van der Waals surface area contributed by atoms with E-state index in [1.165, 1.54) is 28.8 Å². The topological polar surface area (TPSA) is 12.0 Å². The second-order valence-corrected chi connectivity index (χ2v) is 5.53. The summed E-state index contributed by atoms with van der Waals surface area (Å²) >= 11 is 0. The predicted octanol–water partition coefficient (Wildman–Crippen LogP) is 4.16. The molecule has 0 radical (unpaired) electrons. The first-order valence-corrected chi connectivity index (χ1v) is 7.08. The van der Waals surface area contributed by atoms with Gasteiger partial charge in [0.05, 0.1) is 0 Å². The van der Waals surface area contributed by atoms with Crippen LogP contribution < -0.4 is 5.32 Å². The molecule has 0 aliphatic rings. The van der Waals surface area contributed by atoms with Gasteiger partial charge < -0.3 is 5.32 Å². The van der Waals surface area contributed by atoms with E-state index in [4.69, 9.17) is 0 Å². The van der Waals surface area contributed by atoms with Gasteiger partial charge in [-0.25, -0.2) is 4.39 Å². The Bertz CT molecular complexity index is 560. The Balaban J connectivity index is 1.86. The zero-order valence-electron chi connectivity index (χ0n) is 12.4. The van der Waals surface area contributed by atoms with Gasteiger partial charge in [-0.05, 0) is 61.6 Å². The van der Waals surface area contributed by atoms with Crippen molar-refractivity contribution in [3.05, 3.63) is 70.5 Å². The number of benzene rings is 2. The molecular weight excluding hydrogens is 249 g/mol. The Morgan fingerprint density at radius 3 is 2.25 bits per heavy atom. The maximum atomic E-state index is 12.8. The number of hydrogen-bond acceptors (Lipinski definition) is 1. The number of nitrogens with one attached hydrogen (secondary N) is 1. The average molecular weight is 271 g/mol. The second-order valence-electron chi connectivity index (χ2n) is 5.53. The highest BCUT2D eigenvalue weighted by Gasteiger charge is 2.04. The van der Waals surface area contributed by atoms with Gasteiger partial charge in [0.25, 0.3) is 0 Å². The quantitative estimate of drug-likeness (QED) is 0.861. The maximum absolute atomic E-state index is 12.8. The van der Waals surface area contributed by atoms with Crippen LogP contribution in [-0.4, -0.2) is 6.04 Å². The van der Waals surface area contributed by atoms with Gasteiger partial charge in [0.15, 0.2) is 0 Å². The number of rotatable bonds is 5. The van der Waals surface area contributed by atoms with Crippen molar-refractivity contribution in [3.8, 4) is 0 Å². The summed E-state index contributed by atoms with van der Waals surface area (Å²) in [6.45, 7) is 7.29. The first kappa shape index (κ1) is 14.7. The van der Waals surface area contributed by atoms with Gasteiger partial charge in [-0.15, -0.1) is 0 Å². The predicted molar refractivity (Wildman–Crippen MR) is 82.3 cm³/mol.